The molecule has 1 aromatic heterocycles. The highest BCUT2D eigenvalue weighted by Crippen LogP contribution is 2.40. The Balaban J connectivity index is 1.58. The molecule has 3 heterocycles. The second-order valence-corrected chi connectivity index (χ2v) is 12.1. The van der Waals surface area contributed by atoms with Crippen LogP contribution in [-0.2, 0) is 11.2 Å². The molecule has 0 saturated carbocycles. The average molecular weight is 653 g/mol. The molecule has 0 bridgehead atoms. The number of carbonyl (C=O) groups is 2. The van der Waals surface area contributed by atoms with Crippen molar-refractivity contribution in [3.8, 4) is 0 Å². The topological polar surface area (TPSA) is 79.5 Å². The van der Waals surface area contributed by atoms with Crippen molar-refractivity contribution < 1.29 is 9.59 Å². The van der Waals surface area contributed by atoms with Gasteiger partial charge in [0.25, 0.3) is 0 Å². The summed E-state index contributed by atoms with van der Waals surface area (Å²) in [5.74, 6) is 0.514. The third-order valence-electron chi connectivity index (χ3n) is 7.51. The van der Waals surface area contributed by atoms with E-state index < -0.39 is 0 Å². The first-order valence-electron chi connectivity index (χ1n) is 12.8. The summed E-state index contributed by atoms with van der Waals surface area (Å²) in [6.45, 7) is 6.89. The molecule has 2 N–H and O–H groups in total. The Kier molecular flexibility index (Phi) is 9.35. The third kappa shape index (κ3) is 6.58. The van der Waals surface area contributed by atoms with Gasteiger partial charge in [-0.25, -0.2) is 4.79 Å². The van der Waals surface area contributed by atoms with Crippen LogP contribution >= 0.6 is 43.5 Å². The molecule has 2 aromatic rings. The number of aromatic nitrogens is 1. The smallest absolute Gasteiger partial charge is 0.314 e. The molecule has 9 heteroatoms. The molecule has 0 unspecified atom stereocenters. The predicted molar refractivity (Wildman–Crippen MR) is 156 cm³/mol. The van der Waals surface area contributed by atoms with Gasteiger partial charge < -0.3 is 15.5 Å². The number of piperidine rings is 2. The van der Waals surface area contributed by atoms with E-state index in [1.807, 2.05) is 23.2 Å². The van der Waals surface area contributed by atoms with Gasteiger partial charge in [-0.2, -0.15) is 0 Å². The summed E-state index contributed by atoms with van der Waals surface area (Å²) in [6.07, 6.45) is 6.50. The number of nitrogens with zero attached hydrogens (tertiary/aromatic N) is 3. The number of hydrogen-bond donors (Lipinski definition) is 1. The first kappa shape index (κ1) is 28.1. The van der Waals surface area contributed by atoms with Crippen LogP contribution in [-0.4, -0.2) is 52.9 Å². The SMILES string of the molecule is CCc1cc(Cl)cc(Br)c1C(=C1CCN(C(=O)CC2CCN(C(N)=O)CC2)CC1)c1ncc(Br)cc1C. The molecule has 0 aliphatic carbocycles. The summed E-state index contributed by atoms with van der Waals surface area (Å²) in [7, 11) is 0. The lowest BCUT2D eigenvalue weighted by atomic mass is 9.86. The zero-order chi connectivity index (χ0) is 26.7. The van der Waals surface area contributed by atoms with E-state index in [-0.39, 0.29) is 11.9 Å². The number of amides is 3. The van der Waals surface area contributed by atoms with Crippen molar-refractivity contribution in [3.05, 3.63) is 66.3 Å². The summed E-state index contributed by atoms with van der Waals surface area (Å²) >= 11 is 13.8. The molecule has 0 spiro atoms. The van der Waals surface area contributed by atoms with Crippen molar-refractivity contribution in [2.24, 2.45) is 11.7 Å². The molecule has 198 valence electrons. The van der Waals surface area contributed by atoms with E-state index in [0.29, 0.717) is 43.5 Å². The summed E-state index contributed by atoms with van der Waals surface area (Å²) in [5, 5.41) is 0.708. The quantitative estimate of drug-likeness (QED) is 0.389. The van der Waals surface area contributed by atoms with Gasteiger partial charge in [0, 0.05) is 63.9 Å². The minimum Gasteiger partial charge on any atom is -0.351 e. The highest BCUT2D eigenvalue weighted by molar-refractivity contribution is 9.10. The van der Waals surface area contributed by atoms with Gasteiger partial charge in [-0.15, -0.1) is 0 Å². The Bertz CT molecular complexity index is 1210. The van der Waals surface area contributed by atoms with Crippen LogP contribution in [0.25, 0.3) is 5.57 Å². The third-order valence-corrected chi connectivity index (χ3v) is 8.79. The predicted octanol–water partition coefficient (Wildman–Crippen LogP) is 6.74. The maximum Gasteiger partial charge on any atom is 0.314 e. The molecule has 6 nitrogen and oxygen atoms in total. The summed E-state index contributed by atoms with van der Waals surface area (Å²) in [5.41, 5.74) is 12.2. The summed E-state index contributed by atoms with van der Waals surface area (Å²) in [6, 6.07) is 5.72. The zero-order valence-electron chi connectivity index (χ0n) is 21.3. The second-order valence-electron chi connectivity index (χ2n) is 9.93. The summed E-state index contributed by atoms with van der Waals surface area (Å²) in [4.78, 5) is 33.0. The number of nitrogens with two attached hydrogens (primary N) is 1. The Morgan fingerprint density at radius 2 is 1.76 bits per heavy atom. The standard InChI is InChI=1S/C28H33Br2ClN4O2/c1-3-19-14-22(31)15-23(30)25(19)26(27-17(2)12-21(29)16-33-27)20-6-10-34(11-7-20)24(36)13-18-4-8-35(9-5-18)28(32)37/h12,14-16,18H,3-11,13H2,1-2H3,(H2,32,37). The van der Waals surface area contributed by atoms with Gasteiger partial charge in [0.15, 0.2) is 0 Å². The minimum atomic E-state index is -0.370. The van der Waals surface area contributed by atoms with Gasteiger partial charge in [-0.05, 0) is 90.2 Å². The zero-order valence-corrected chi connectivity index (χ0v) is 25.3. The highest BCUT2D eigenvalue weighted by Gasteiger charge is 2.28. The highest BCUT2D eigenvalue weighted by atomic mass is 79.9. The van der Waals surface area contributed by atoms with E-state index in [2.05, 4.69) is 51.8 Å². The summed E-state index contributed by atoms with van der Waals surface area (Å²) < 4.78 is 1.91. The molecule has 0 radical (unpaired) electrons. The van der Waals surface area contributed by atoms with Crippen molar-refractivity contribution >= 4 is 61.0 Å². The molecule has 2 aliphatic heterocycles. The lowest BCUT2D eigenvalue weighted by molar-refractivity contribution is -0.132. The number of rotatable bonds is 5. The second kappa shape index (κ2) is 12.3. The Labute approximate surface area is 240 Å². The van der Waals surface area contributed by atoms with Crippen LogP contribution in [0, 0.1) is 12.8 Å². The normalized spacial score (nSPS) is 16.7. The van der Waals surface area contributed by atoms with Crippen LogP contribution in [0.15, 0.2) is 38.9 Å². The molecule has 2 fully saturated rings. The van der Waals surface area contributed by atoms with Crippen molar-refractivity contribution in [3.63, 3.8) is 0 Å². The molecule has 1 aromatic carbocycles. The van der Waals surface area contributed by atoms with Gasteiger partial charge in [0.05, 0.1) is 5.69 Å². The van der Waals surface area contributed by atoms with Crippen molar-refractivity contribution in [1.29, 1.82) is 0 Å². The van der Waals surface area contributed by atoms with Crippen molar-refractivity contribution in [2.75, 3.05) is 26.2 Å². The monoisotopic (exact) mass is 650 g/mol. The van der Waals surface area contributed by atoms with Crippen LogP contribution in [0.1, 0.15) is 61.4 Å². The van der Waals surface area contributed by atoms with E-state index in [0.717, 1.165) is 63.4 Å². The molecule has 3 amide bonds. The maximum atomic E-state index is 13.1. The van der Waals surface area contributed by atoms with Crippen molar-refractivity contribution in [2.45, 2.75) is 52.4 Å². The number of primary amides is 1. The molecular formula is C28H33Br2ClN4O2. The van der Waals surface area contributed by atoms with Gasteiger partial charge in [0.2, 0.25) is 5.91 Å². The fourth-order valence-corrected chi connectivity index (χ4v) is 6.98. The molecule has 2 aliphatic rings. The van der Waals surface area contributed by atoms with Crippen LogP contribution < -0.4 is 5.73 Å². The Morgan fingerprint density at radius 1 is 1.08 bits per heavy atom. The van der Waals surface area contributed by atoms with E-state index in [4.69, 9.17) is 22.3 Å². The Hall–Kier alpha value is -1.90. The first-order valence-corrected chi connectivity index (χ1v) is 14.8. The van der Waals surface area contributed by atoms with E-state index >= 15 is 0 Å². The number of hydrogen-bond acceptors (Lipinski definition) is 3. The molecule has 4 rings (SSSR count). The Morgan fingerprint density at radius 3 is 2.35 bits per heavy atom. The number of likely N-dealkylation sites (tertiary alicyclic amines) is 2. The number of carbonyl (C=O) groups excluding carboxylic acids is 2. The van der Waals surface area contributed by atoms with Gasteiger partial charge in [-0.3, -0.25) is 9.78 Å². The lowest BCUT2D eigenvalue weighted by Gasteiger charge is -2.34. The molecule has 0 atom stereocenters. The van der Waals surface area contributed by atoms with Crippen LogP contribution in [0.2, 0.25) is 5.02 Å². The first-order chi connectivity index (χ1) is 17.7. The average Bonchev–Trinajstić information content (AvgIpc) is 2.86. The van der Waals surface area contributed by atoms with Gasteiger partial charge in [-0.1, -0.05) is 40.0 Å². The van der Waals surface area contributed by atoms with Crippen LogP contribution in [0.4, 0.5) is 4.79 Å². The van der Waals surface area contributed by atoms with E-state index in [1.165, 1.54) is 11.1 Å². The van der Waals surface area contributed by atoms with Crippen LogP contribution in [0.3, 0.4) is 0 Å². The maximum absolute atomic E-state index is 13.1. The number of urea groups is 1. The largest absolute Gasteiger partial charge is 0.351 e. The van der Waals surface area contributed by atoms with E-state index in [9.17, 15) is 9.59 Å². The fraction of sp³-hybridized carbons (Fsp3) is 0.464. The lowest BCUT2D eigenvalue weighted by Crippen LogP contribution is -2.43. The molecule has 37 heavy (non-hydrogen) atoms. The number of halogens is 3. The fourth-order valence-electron chi connectivity index (χ4n) is 5.46. The number of pyridine rings is 1. The van der Waals surface area contributed by atoms with E-state index in [1.54, 1.807) is 4.90 Å². The minimum absolute atomic E-state index is 0.206. The van der Waals surface area contributed by atoms with Gasteiger partial charge in [0.1, 0.15) is 0 Å². The number of benzene rings is 1. The van der Waals surface area contributed by atoms with Crippen LogP contribution in [0.5, 0.6) is 0 Å². The molecular weight excluding hydrogens is 620 g/mol. The van der Waals surface area contributed by atoms with Gasteiger partial charge >= 0.3 is 6.03 Å². The van der Waals surface area contributed by atoms with Crippen molar-refractivity contribution in [1.82, 2.24) is 14.8 Å². The molecule has 2 saturated heterocycles. The number of aryl methyl sites for hydroxylation is 2.